The second-order valence-corrected chi connectivity index (χ2v) is 6.40. The van der Waals surface area contributed by atoms with Crippen LogP contribution in [0.15, 0.2) is 42.5 Å². The molecule has 0 aliphatic heterocycles. The molecule has 0 heterocycles. The summed E-state index contributed by atoms with van der Waals surface area (Å²) in [4.78, 5) is 11.0. The summed E-state index contributed by atoms with van der Waals surface area (Å²) in [7, 11) is 0. The third kappa shape index (κ3) is 4.02. The number of fused-ring (bicyclic) bond motifs is 1. The van der Waals surface area contributed by atoms with E-state index in [1.54, 1.807) is 0 Å². The molecule has 2 aromatic rings. The fraction of sp³-hybridized carbons (Fsp3) is 0.381. The van der Waals surface area contributed by atoms with Gasteiger partial charge in [0, 0.05) is 6.61 Å². The summed E-state index contributed by atoms with van der Waals surface area (Å²) in [5, 5.41) is 9.03. The lowest BCUT2D eigenvalue weighted by Crippen LogP contribution is -2.10. The third-order valence-corrected chi connectivity index (χ3v) is 4.71. The summed E-state index contributed by atoms with van der Waals surface area (Å²) in [6.45, 7) is 4.49. The SMILES string of the molecule is CCO[C@@H](CC(=O)O)c1ccc(OC2CCc3c(C)cccc32)cc1. The van der Waals surface area contributed by atoms with Crippen LogP contribution in [0.4, 0.5) is 0 Å². The Kier molecular flexibility index (Phi) is 5.39. The number of carbonyl (C=O) groups is 1. The van der Waals surface area contributed by atoms with Crippen LogP contribution in [0.5, 0.6) is 5.75 Å². The van der Waals surface area contributed by atoms with Crippen molar-refractivity contribution >= 4 is 5.97 Å². The molecule has 4 nitrogen and oxygen atoms in total. The zero-order valence-corrected chi connectivity index (χ0v) is 14.7. The first-order chi connectivity index (χ1) is 12.1. The van der Waals surface area contributed by atoms with Gasteiger partial charge in [0.25, 0.3) is 0 Å². The fourth-order valence-electron chi connectivity index (χ4n) is 3.48. The fourth-order valence-corrected chi connectivity index (χ4v) is 3.48. The molecule has 0 aromatic heterocycles. The van der Waals surface area contributed by atoms with Gasteiger partial charge in [0.05, 0.1) is 12.5 Å². The van der Waals surface area contributed by atoms with Gasteiger partial charge in [-0.3, -0.25) is 4.79 Å². The van der Waals surface area contributed by atoms with Crippen LogP contribution in [-0.2, 0) is 16.0 Å². The maximum atomic E-state index is 11.0. The van der Waals surface area contributed by atoms with Crippen molar-refractivity contribution in [2.75, 3.05) is 6.61 Å². The topological polar surface area (TPSA) is 55.8 Å². The first kappa shape index (κ1) is 17.5. The number of rotatable bonds is 7. The van der Waals surface area contributed by atoms with Gasteiger partial charge in [-0.15, -0.1) is 0 Å². The molecule has 1 aliphatic rings. The van der Waals surface area contributed by atoms with Crippen molar-refractivity contribution in [2.24, 2.45) is 0 Å². The molecule has 3 rings (SSSR count). The van der Waals surface area contributed by atoms with E-state index in [0.717, 1.165) is 24.2 Å². The first-order valence-electron chi connectivity index (χ1n) is 8.77. The van der Waals surface area contributed by atoms with Gasteiger partial charge < -0.3 is 14.6 Å². The molecular formula is C21H24O4. The van der Waals surface area contributed by atoms with Gasteiger partial charge in [-0.1, -0.05) is 30.3 Å². The molecule has 1 unspecified atom stereocenters. The minimum absolute atomic E-state index is 0.0384. The Balaban J connectivity index is 1.71. The van der Waals surface area contributed by atoms with Gasteiger partial charge in [-0.05, 0) is 61.1 Å². The van der Waals surface area contributed by atoms with Crippen LogP contribution >= 0.6 is 0 Å². The zero-order valence-electron chi connectivity index (χ0n) is 14.7. The van der Waals surface area contributed by atoms with Crippen LogP contribution in [0, 0.1) is 6.92 Å². The van der Waals surface area contributed by atoms with Gasteiger partial charge in [-0.25, -0.2) is 0 Å². The Hall–Kier alpha value is -2.33. The molecule has 4 heteroatoms. The van der Waals surface area contributed by atoms with E-state index >= 15 is 0 Å². The highest BCUT2D eigenvalue weighted by Crippen LogP contribution is 2.36. The van der Waals surface area contributed by atoms with E-state index < -0.39 is 12.1 Å². The van der Waals surface area contributed by atoms with Crippen molar-refractivity contribution in [3.05, 3.63) is 64.7 Å². The monoisotopic (exact) mass is 340 g/mol. The predicted molar refractivity (Wildman–Crippen MR) is 95.9 cm³/mol. The summed E-state index contributed by atoms with van der Waals surface area (Å²) in [6, 6.07) is 14.0. The summed E-state index contributed by atoms with van der Waals surface area (Å²) >= 11 is 0. The quantitative estimate of drug-likeness (QED) is 0.799. The highest BCUT2D eigenvalue weighted by atomic mass is 16.5. The van der Waals surface area contributed by atoms with Crippen LogP contribution in [-0.4, -0.2) is 17.7 Å². The lowest BCUT2D eigenvalue weighted by Gasteiger charge is -2.18. The van der Waals surface area contributed by atoms with Crippen LogP contribution in [0.25, 0.3) is 0 Å². The van der Waals surface area contributed by atoms with E-state index in [4.69, 9.17) is 14.6 Å². The highest BCUT2D eigenvalue weighted by molar-refractivity contribution is 5.67. The second kappa shape index (κ2) is 7.70. The number of carboxylic acids is 1. The molecule has 132 valence electrons. The molecule has 1 aliphatic carbocycles. The lowest BCUT2D eigenvalue weighted by atomic mass is 10.0. The smallest absolute Gasteiger partial charge is 0.306 e. The Labute approximate surface area is 148 Å². The van der Waals surface area contributed by atoms with Crippen molar-refractivity contribution in [1.82, 2.24) is 0 Å². The molecular weight excluding hydrogens is 316 g/mol. The van der Waals surface area contributed by atoms with E-state index in [9.17, 15) is 4.79 Å². The molecule has 0 saturated carbocycles. The highest BCUT2D eigenvalue weighted by Gasteiger charge is 2.25. The molecule has 25 heavy (non-hydrogen) atoms. The standard InChI is InChI=1S/C21H24O4/c1-3-24-20(13-21(22)23)15-7-9-16(10-8-15)25-19-12-11-17-14(2)5-4-6-18(17)19/h4-10,19-20H,3,11-13H2,1-2H3,(H,22,23)/t19?,20-/m0/s1. The second-order valence-electron chi connectivity index (χ2n) is 6.40. The molecule has 2 aromatic carbocycles. The summed E-state index contributed by atoms with van der Waals surface area (Å²) < 4.78 is 11.7. The maximum absolute atomic E-state index is 11.0. The van der Waals surface area contributed by atoms with Crippen molar-refractivity contribution in [2.45, 2.75) is 45.3 Å². The molecule has 0 bridgehead atoms. The van der Waals surface area contributed by atoms with Gasteiger partial charge in [0.1, 0.15) is 11.9 Å². The van der Waals surface area contributed by atoms with Gasteiger partial charge in [-0.2, -0.15) is 0 Å². The largest absolute Gasteiger partial charge is 0.486 e. The summed E-state index contributed by atoms with van der Waals surface area (Å²) in [6.07, 6.45) is 1.66. The van der Waals surface area contributed by atoms with Crippen molar-refractivity contribution in [1.29, 1.82) is 0 Å². The Morgan fingerprint density at radius 2 is 2.00 bits per heavy atom. The van der Waals surface area contributed by atoms with E-state index in [1.807, 2.05) is 31.2 Å². The van der Waals surface area contributed by atoms with Crippen LogP contribution in [0.3, 0.4) is 0 Å². The van der Waals surface area contributed by atoms with Crippen molar-refractivity contribution < 1.29 is 19.4 Å². The van der Waals surface area contributed by atoms with Crippen molar-refractivity contribution in [3.8, 4) is 5.75 Å². The molecule has 0 fully saturated rings. The molecule has 0 spiro atoms. The average molecular weight is 340 g/mol. The minimum atomic E-state index is -0.864. The lowest BCUT2D eigenvalue weighted by molar-refractivity contribution is -0.140. The average Bonchev–Trinajstić information content (AvgIpc) is 2.99. The maximum Gasteiger partial charge on any atom is 0.306 e. The zero-order chi connectivity index (χ0) is 17.8. The molecule has 0 radical (unpaired) electrons. The van der Waals surface area contributed by atoms with Gasteiger partial charge >= 0.3 is 5.97 Å². The number of benzene rings is 2. The number of hydrogen-bond acceptors (Lipinski definition) is 3. The third-order valence-electron chi connectivity index (χ3n) is 4.71. The molecule has 0 saturated heterocycles. The molecule has 1 N–H and O–H groups in total. The van der Waals surface area contributed by atoms with Gasteiger partial charge in [0.2, 0.25) is 0 Å². The number of carboxylic acid groups (broad SMARTS) is 1. The first-order valence-corrected chi connectivity index (χ1v) is 8.77. The van der Waals surface area contributed by atoms with Crippen LogP contribution in [0.1, 0.15) is 54.2 Å². The Morgan fingerprint density at radius 3 is 2.68 bits per heavy atom. The van der Waals surface area contributed by atoms with Crippen molar-refractivity contribution in [3.63, 3.8) is 0 Å². The van der Waals surface area contributed by atoms with E-state index in [0.29, 0.717) is 6.61 Å². The Bertz CT molecular complexity index is 736. The minimum Gasteiger partial charge on any atom is -0.486 e. The Morgan fingerprint density at radius 1 is 1.24 bits per heavy atom. The summed E-state index contributed by atoms with van der Waals surface area (Å²) in [5.74, 6) is -0.0645. The number of aryl methyl sites for hydroxylation is 1. The number of ether oxygens (including phenoxy) is 2. The molecule has 0 amide bonds. The predicted octanol–water partition coefficient (Wildman–Crippen LogP) is 4.61. The van der Waals surface area contributed by atoms with E-state index in [-0.39, 0.29) is 12.5 Å². The van der Waals surface area contributed by atoms with Crippen LogP contribution < -0.4 is 4.74 Å². The van der Waals surface area contributed by atoms with E-state index in [2.05, 4.69) is 25.1 Å². The normalized spacial score (nSPS) is 17.1. The number of aliphatic carboxylic acids is 1. The van der Waals surface area contributed by atoms with Gasteiger partial charge in [0.15, 0.2) is 0 Å². The number of hydrogen-bond donors (Lipinski definition) is 1. The van der Waals surface area contributed by atoms with Crippen LogP contribution in [0.2, 0.25) is 0 Å². The summed E-state index contributed by atoms with van der Waals surface area (Å²) in [5.41, 5.74) is 4.87. The van der Waals surface area contributed by atoms with E-state index in [1.165, 1.54) is 16.7 Å². The molecule has 2 atom stereocenters.